The molecule has 0 saturated carbocycles. The summed E-state index contributed by atoms with van der Waals surface area (Å²) in [5.41, 5.74) is 1.98. The summed E-state index contributed by atoms with van der Waals surface area (Å²) in [6.45, 7) is 0. The van der Waals surface area contributed by atoms with E-state index >= 15 is 0 Å². The number of hydrogen-bond donors (Lipinski definition) is 1. The van der Waals surface area contributed by atoms with E-state index < -0.39 is 11.6 Å². The molecule has 0 unspecified atom stereocenters. The maximum Gasteiger partial charge on any atom is 0.228 e. The Kier molecular flexibility index (Phi) is 3.94. The summed E-state index contributed by atoms with van der Waals surface area (Å²) in [6, 6.07) is 8.26. The van der Waals surface area contributed by atoms with E-state index in [9.17, 15) is 18.4 Å². The van der Waals surface area contributed by atoms with Gasteiger partial charge in [-0.05, 0) is 35.9 Å². The number of benzene rings is 2. The van der Waals surface area contributed by atoms with Gasteiger partial charge < -0.3 is 5.32 Å². The largest absolute Gasteiger partial charge is 0.326 e. The van der Waals surface area contributed by atoms with Crippen LogP contribution in [-0.2, 0) is 11.2 Å². The van der Waals surface area contributed by atoms with Crippen molar-refractivity contribution in [1.82, 2.24) is 0 Å². The fraction of sp³-hybridized carbons (Fsp3) is 0.125. The van der Waals surface area contributed by atoms with E-state index in [1.165, 1.54) is 6.07 Å². The average Bonchev–Trinajstić information content (AvgIpc) is 2.85. The number of hydrogen-bond acceptors (Lipinski definition) is 3. The van der Waals surface area contributed by atoms with Crippen molar-refractivity contribution in [3.05, 3.63) is 59.2 Å². The van der Waals surface area contributed by atoms with Gasteiger partial charge in [0, 0.05) is 22.2 Å². The number of carbonyl (C=O) groups is 2. The number of anilines is 1. The van der Waals surface area contributed by atoms with Gasteiger partial charge in [-0.1, -0.05) is 0 Å². The Morgan fingerprint density at radius 3 is 2.77 bits per heavy atom. The van der Waals surface area contributed by atoms with Gasteiger partial charge in [0.15, 0.2) is 5.78 Å². The van der Waals surface area contributed by atoms with Gasteiger partial charge in [0.1, 0.15) is 11.6 Å². The summed E-state index contributed by atoms with van der Waals surface area (Å²) in [4.78, 5) is 23.7. The zero-order chi connectivity index (χ0) is 15.7. The van der Waals surface area contributed by atoms with Gasteiger partial charge in [-0.3, -0.25) is 9.59 Å². The Hall–Kier alpha value is -2.21. The number of fused-ring (bicyclic) bond motifs is 1. The molecule has 0 bridgehead atoms. The van der Waals surface area contributed by atoms with Crippen LogP contribution in [-0.4, -0.2) is 17.4 Å². The molecule has 0 aromatic heterocycles. The van der Waals surface area contributed by atoms with Crippen LogP contribution in [0.5, 0.6) is 0 Å². The molecular formula is C16H11F2NO2S. The number of rotatable bonds is 4. The van der Waals surface area contributed by atoms with Crippen molar-refractivity contribution in [2.24, 2.45) is 0 Å². The average molecular weight is 319 g/mol. The van der Waals surface area contributed by atoms with Gasteiger partial charge in [-0.25, -0.2) is 8.78 Å². The van der Waals surface area contributed by atoms with Crippen LogP contribution in [0.2, 0.25) is 0 Å². The molecule has 2 aromatic rings. The Labute approximate surface area is 129 Å². The molecule has 2 aromatic carbocycles. The number of carbonyl (C=O) groups excluding carboxylic acids is 2. The molecule has 0 aliphatic carbocycles. The first kappa shape index (κ1) is 14.7. The molecule has 0 saturated heterocycles. The molecule has 0 radical (unpaired) electrons. The third-order valence-corrected chi connectivity index (χ3v) is 4.35. The lowest BCUT2D eigenvalue weighted by molar-refractivity contribution is -0.115. The van der Waals surface area contributed by atoms with Crippen LogP contribution in [0.15, 0.2) is 41.3 Å². The molecule has 1 aliphatic heterocycles. The van der Waals surface area contributed by atoms with Crippen LogP contribution in [0, 0.1) is 11.6 Å². The molecule has 0 fully saturated rings. The number of thioether (sulfide) groups is 1. The molecule has 3 nitrogen and oxygen atoms in total. The molecule has 0 spiro atoms. The molecule has 0 atom stereocenters. The van der Waals surface area contributed by atoms with E-state index in [1.54, 1.807) is 18.2 Å². The lowest BCUT2D eigenvalue weighted by atomic mass is 10.1. The lowest BCUT2D eigenvalue weighted by Gasteiger charge is -2.05. The predicted octanol–water partition coefficient (Wildman–Crippen LogP) is 3.43. The summed E-state index contributed by atoms with van der Waals surface area (Å²) in [7, 11) is 0. The Morgan fingerprint density at radius 1 is 1.18 bits per heavy atom. The van der Waals surface area contributed by atoms with Crippen LogP contribution in [0.1, 0.15) is 15.9 Å². The molecule has 22 heavy (non-hydrogen) atoms. The van der Waals surface area contributed by atoms with E-state index in [4.69, 9.17) is 0 Å². The SMILES string of the molecule is O=C1Cc2cc(C(=O)CSc3ccc(F)cc3F)ccc2N1. The minimum Gasteiger partial charge on any atom is -0.326 e. The Morgan fingerprint density at radius 2 is 2.00 bits per heavy atom. The molecule has 112 valence electrons. The summed E-state index contributed by atoms with van der Waals surface area (Å²) < 4.78 is 26.3. The first-order valence-electron chi connectivity index (χ1n) is 6.57. The monoisotopic (exact) mass is 319 g/mol. The Balaban J connectivity index is 1.70. The first-order valence-corrected chi connectivity index (χ1v) is 7.55. The smallest absolute Gasteiger partial charge is 0.228 e. The Bertz CT molecular complexity index is 777. The summed E-state index contributed by atoms with van der Waals surface area (Å²) in [6.07, 6.45) is 0.260. The van der Waals surface area contributed by atoms with Crippen molar-refractivity contribution in [2.45, 2.75) is 11.3 Å². The van der Waals surface area contributed by atoms with Crippen LogP contribution in [0.4, 0.5) is 14.5 Å². The molecule has 1 aliphatic rings. The van der Waals surface area contributed by atoms with Gasteiger partial charge in [0.25, 0.3) is 0 Å². The highest BCUT2D eigenvalue weighted by atomic mass is 32.2. The topological polar surface area (TPSA) is 46.2 Å². The maximum atomic E-state index is 13.5. The van der Waals surface area contributed by atoms with Crippen LogP contribution >= 0.6 is 11.8 Å². The highest BCUT2D eigenvalue weighted by molar-refractivity contribution is 8.00. The van der Waals surface area contributed by atoms with Gasteiger partial charge in [0.05, 0.1) is 12.2 Å². The third-order valence-electron chi connectivity index (χ3n) is 3.31. The maximum absolute atomic E-state index is 13.5. The molecule has 1 N–H and O–H groups in total. The van der Waals surface area contributed by atoms with Crippen molar-refractivity contribution >= 4 is 29.1 Å². The summed E-state index contributed by atoms with van der Waals surface area (Å²) in [5, 5.41) is 2.69. The van der Waals surface area contributed by atoms with E-state index in [2.05, 4.69) is 5.32 Å². The van der Waals surface area contributed by atoms with E-state index in [0.717, 1.165) is 35.1 Å². The molecular weight excluding hydrogens is 308 g/mol. The van der Waals surface area contributed by atoms with Crippen molar-refractivity contribution in [2.75, 3.05) is 11.1 Å². The highest BCUT2D eigenvalue weighted by Gasteiger charge is 2.19. The van der Waals surface area contributed by atoms with Crippen LogP contribution in [0.25, 0.3) is 0 Å². The second-order valence-electron chi connectivity index (χ2n) is 4.88. The zero-order valence-corrected chi connectivity index (χ0v) is 12.2. The quantitative estimate of drug-likeness (QED) is 0.694. The molecule has 1 heterocycles. The van der Waals surface area contributed by atoms with E-state index in [0.29, 0.717) is 5.56 Å². The summed E-state index contributed by atoms with van der Waals surface area (Å²) in [5.74, 6) is -1.55. The number of ketones is 1. The van der Waals surface area contributed by atoms with Crippen molar-refractivity contribution < 1.29 is 18.4 Å². The van der Waals surface area contributed by atoms with Crippen LogP contribution < -0.4 is 5.32 Å². The highest BCUT2D eigenvalue weighted by Crippen LogP contribution is 2.26. The fourth-order valence-electron chi connectivity index (χ4n) is 2.22. The standard InChI is InChI=1S/C16H11F2NO2S/c17-11-2-4-15(12(18)7-11)22-8-14(20)9-1-3-13-10(5-9)6-16(21)19-13/h1-5,7H,6,8H2,(H,19,21). The number of amides is 1. The predicted molar refractivity (Wildman–Crippen MR) is 80.2 cm³/mol. The summed E-state index contributed by atoms with van der Waals surface area (Å²) >= 11 is 1.02. The van der Waals surface area contributed by atoms with Gasteiger partial charge in [0.2, 0.25) is 5.91 Å². The van der Waals surface area contributed by atoms with Crippen molar-refractivity contribution in [1.29, 1.82) is 0 Å². The second kappa shape index (κ2) is 5.88. The number of halogens is 2. The minimum absolute atomic E-state index is 0.0444. The van der Waals surface area contributed by atoms with Crippen LogP contribution in [0.3, 0.4) is 0 Å². The molecule has 3 rings (SSSR count). The molecule has 1 amide bonds. The van der Waals surface area contributed by atoms with Gasteiger partial charge >= 0.3 is 0 Å². The zero-order valence-electron chi connectivity index (χ0n) is 11.4. The molecule has 6 heteroatoms. The number of Topliss-reactive ketones (excluding diaryl/α,β-unsaturated/α-hetero) is 1. The third kappa shape index (κ3) is 3.01. The van der Waals surface area contributed by atoms with Gasteiger partial charge in [-0.15, -0.1) is 11.8 Å². The van der Waals surface area contributed by atoms with E-state index in [-0.39, 0.29) is 28.8 Å². The van der Waals surface area contributed by atoms with Crippen molar-refractivity contribution in [3.8, 4) is 0 Å². The fourth-order valence-corrected chi connectivity index (χ4v) is 3.04. The van der Waals surface area contributed by atoms with E-state index in [1.807, 2.05) is 0 Å². The first-order chi connectivity index (χ1) is 10.5. The van der Waals surface area contributed by atoms with Crippen molar-refractivity contribution in [3.63, 3.8) is 0 Å². The minimum atomic E-state index is -0.679. The normalized spacial score (nSPS) is 12.9. The number of nitrogens with one attached hydrogen (secondary N) is 1. The lowest BCUT2D eigenvalue weighted by Crippen LogP contribution is -2.03. The van der Waals surface area contributed by atoms with Gasteiger partial charge in [-0.2, -0.15) is 0 Å². The second-order valence-corrected chi connectivity index (χ2v) is 5.90.